The SMILES string of the molecule is COC(=O)[C@H](Cl)Cc1ccc(CCOc2ccc(OS(C)(=O)=O)cc2)cc1. The van der Waals surface area contributed by atoms with E-state index in [1.807, 2.05) is 24.3 Å². The molecule has 2 aromatic rings. The van der Waals surface area contributed by atoms with Crippen molar-refractivity contribution in [3.05, 3.63) is 59.7 Å². The summed E-state index contributed by atoms with van der Waals surface area (Å²) < 4.78 is 37.2. The Morgan fingerprint density at radius 2 is 1.56 bits per heavy atom. The third kappa shape index (κ3) is 7.48. The lowest BCUT2D eigenvalue weighted by molar-refractivity contribution is -0.140. The minimum atomic E-state index is -3.54. The molecule has 146 valence electrons. The van der Waals surface area contributed by atoms with E-state index >= 15 is 0 Å². The summed E-state index contributed by atoms with van der Waals surface area (Å²) in [5.74, 6) is 0.419. The van der Waals surface area contributed by atoms with Gasteiger partial charge in [-0.05, 0) is 41.8 Å². The van der Waals surface area contributed by atoms with Crippen LogP contribution < -0.4 is 8.92 Å². The molecule has 2 aromatic carbocycles. The second kappa shape index (κ2) is 9.62. The zero-order chi connectivity index (χ0) is 19.9. The lowest BCUT2D eigenvalue weighted by Gasteiger charge is -2.09. The fraction of sp³-hybridized carbons (Fsp3) is 0.316. The number of carbonyl (C=O) groups excluding carboxylic acids is 1. The zero-order valence-electron chi connectivity index (χ0n) is 15.1. The first-order valence-electron chi connectivity index (χ1n) is 8.19. The van der Waals surface area contributed by atoms with E-state index < -0.39 is 21.5 Å². The van der Waals surface area contributed by atoms with Crippen molar-refractivity contribution in [3.63, 3.8) is 0 Å². The van der Waals surface area contributed by atoms with Crippen molar-refractivity contribution in [1.29, 1.82) is 0 Å². The topological polar surface area (TPSA) is 78.9 Å². The smallest absolute Gasteiger partial charge is 0.324 e. The number of ether oxygens (including phenoxy) is 2. The largest absolute Gasteiger partial charge is 0.493 e. The Hall–Kier alpha value is -2.25. The average molecular weight is 413 g/mol. The molecular formula is C19H21ClO6S. The predicted molar refractivity (Wildman–Crippen MR) is 103 cm³/mol. The second-order valence-electron chi connectivity index (χ2n) is 5.87. The Bertz CT molecular complexity index is 847. The number of hydrogen-bond acceptors (Lipinski definition) is 6. The normalized spacial score (nSPS) is 12.3. The van der Waals surface area contributed by atoms with Crippen molar-refractivity contribution in [2.45, 2.75) is 18.2 Å². The molecule has 0 fully saturated rings. The molecule has 27 heavy (non-hydrogen) atoms. The summed E-state index contributed by atoms with van der Waals surface area (Å²) in [6.45, 7) is 0.464. The molecule has 6 nitrogen and oxygen atoms in total. The van der Waals surface area contributed by atoms with Gasteiger partial charge < -0.3 is 13.7 Å². The van der Waals surface area contributed by atoms with Gasteiger partial charge in [-0.2, -0.15) is 8.42 Å². The summed E-state index contributed by atoms with van der Waals surface area (Å²) in [6.07, 6.45) is 2.10. The number of carbonyl (C=O) groups is 1. The summed E-state index contributed by atoms with van der Waals surface area (Å²) >= 11 is 5.97. The molecule has 0 saturated heterocycles. The van der Waals surface area contributed by atoms with E-state index in [4.69, 9.17) is 20.5 Å². The maximum absolute atomic E-state index is 11.3. The highest BCUT2D eigenvalue weighted by Crippen LogP contribution is 2.19. The van der Waals surface area contributed by atoms with Crippen LogP contribution >= 0.6 is 11.6 Å². The minimum Gasteiger partial charge on any atom is -0.493 e. The van der Waals surface area contributed by atoms with Crippen LogP contribution in [0, 0.1) is 0 Å². The maximum atomic E-state index is 11.3. The molecule has 0 radical (unpaired) electrons. The summed E-state index contributed by atoms with van der Waals surface area (Å²) in [6, 6.07) is 14.1. The van der Waals surface area contributed by atoms with E-state index in [2.05, 4.69) is 4.74 Å². The Morgan fingerprint density at radius 3 is 2.11 bits per heavy atom. The first-order chi connectivity index (χ1) is 12.8. The first-order valence-corrected chi connectivity index (χ1v) is 10.4. The van der Waals surface area contributed by atoms with Gasteiger partial charge in [0.2, 0.25) is 0 Å². The van der Waals surface area contributed by atoms with E-state index in [-0.39, 0.29) is 5.75 Å². The van der Waals surface area contributed by atoms with Crippen LogP contribution in [-0.2, 0) is 32.5 Å². The molecule has 0 amide bonds. The van der Waals surface area contributed by atoms with Crippen LogP contribution in [-0.4, -0.2) is 39.7 Å². The molecular weight excluding hydrogens is 392 g/mol. The fourth-order valence-electron chi connectivity index (χ4n) is 2.31. The first kappa shape index (κ1) is 21.1. The lowest BCUT2D eigenvalue weighted by Crippen LogP contribution is -2.18. The highest BCUT2D eigenvalue weighted by Gasteiger charge is 2.15. The van der Waals surface area contributed by atoms with Gasteiger partial charge in [0.15, 0.2) is 0 Å². The molecule has 0 aromatic heterocycles. The quantitative estimate of drug-likeness (QED) is 0.358. The fourth-order valence-corrected chi connectivity index (χ4v) is 3.04. The molecule has 0 aliphatic rings. The summed E-state index contributed by atoms with van der Waals surface area (Å²) in [7, 11) is -2.22. The van der Waals surface area contributed by atoms with Crippen LogP contribution in [0.25, 0.3) is 0 Å². The summed E-state index contributed by atoms with van der Waals surface area (Å²) in [4.78, 5) is 11.3. The van der Waals surface area contributed by atoms with Crippen molar-refractivity contribution < 1.29 is 26.9 Å². The Morgan fingerprint density at radius 1 is 1.00 bits per heavy atom. The van der Waals surface area contributed by atoms with E-state index in [1.165, 1.54) is 19.2 Å². The van der Waals surface area contributed by atoms with Crippen molar-refractivity contribution >= 4 is 27.7 Å². The van der Waals surface area contributed by atoms with E-state index in [0.717, 1.165) is 17.4 Å². The molecule has 1 atom stereocenters. The van der Waals surface area contributed by atoms with Gasteiger partial charge in [-0.15, -0.1) is 11.6 Å². The number of esters is 1. The molecule has 2 rings (SSSR count). The number of halogens is 1. The molecule has 8 heteroatoms. The highest BCUT2D eigenvalue weighted by molar-refractivity contribution is 7.86. The maximum Gasteiger partial charge on any atom is 0.324 e. The van der Waals surface area contributed by atoms with Crippen LogP contribution in [0.3, 0.4) is 0 Å². The molecule has 0 spiro atoms. The van der Waals surface area contributed by atoms with Gasteiger partial charge in [-0.3, -0.25) is 4.79 Å². The number of hydrogen-bond donors (Lipinski definition) is 0. The molecule has 0 unspecified atom stereocenters. The van der Waals surface area contributed by atoms with Crippen LogP contribution in [0.2, 0.25) is 0 Å². The monoisotopic (exact) mass is 412 g/mol. The Balaban J connectivity index is 1.80. The van der Waals surface area contributed by atoms with Crippen LogP contribution in [0.15, 0.2) is 48.5 Å². The van der Waals surface area contributed by atoms with E-state index in [0.29, 0.717) is 25.2 Å². The predicted octanol–water partition coefficient (Wildman–Crippen LogP) is 2.97. The van der Waals surface area contributed by atoms with Gasteiger partial charge in [-0.1, -0.05) is 24.3 Å². The molecule has 0 aliphatic carbocycles. The van der Waals surface area contributed by atoms with Crippen LogP contribution in [0.4, 0.5) is 0 Å². The van der Waals surface area contributed by atoms with Gasteiger partial charge >= 0.3 is 16.1 Å². The number of alkyl halides is 1. The second-order valence-corrected chi connectivity index (χ2v) is 7.97. The van der Waals surface area contributed by atoms with E-state index in [1.54, 1.807) is 12.1 Å². The summed E-state index contributed by atoms with van der Waals surface area (Å²) in [5.41, 5.74) is 2.03. The van der Waals surface area contributed by atoms with Crippen LogP contribution in [0.1, 0.15) is 11.1 Å². The molecule has 0 heterocycles. The molecule has 0 N–H and O–H groups in total. The van der Waals surface area contributed by atoms with Gasteiger partial charge in [0.25, 0.3) is 0 Å². The third-order valence-electron chi connectivity index (χ3n) is 3.63. The number of rotatable bonds is 9. The number of benzene rings is 2. The van der Waals surface area contributed by atoms with Gasteiger partial charge in [0.05, 0.1) is 20.0 Å². The van der Waals surface area contributed by atoms with Crippen molar-refractivity contribution in [2.75, 3.05) is 20.0 Å². The van der Waals surface area contributed by atoms with Crippen molar-refractivity contribution in [1.82, 2.24) is 0 Å². The number of methoxy groups -OCH3 is 1. The highest BCUT2D eigenvalue weighted by atomic mass is 35.5. The van der Waals surface area contributed by atoms with Gasteiger partial charge in [-0.25, -0.2) is 0 Å². The Labute approximate surface area is 164 Å². The molecule has 0 saturated carbocycles. The van der Waals surface area contributed by atoms with Crippen molar-refractivity contribution in [2.24, 2.45) is 0 Å². The van der Waals surface area contributed by atoms with Gasteiger partial charge in [0.1, 0.15) is 16.9 Å². The Kier molecular flexibility index (Phi) is 7.50. The average Bonchev–Trinajstić information content (AvgIpc) is 2.62. The van der Waals surface area contributed by atoms with Crippen LogP contribution in [0.5, 0.6) is 11.5 Å². The lowest BCUT2D eigenvalue weighted by atomic mass is 10.1. The minimum absolute atomic E-state index is 0.241. The summed E-state index contributed by atoms with van der Waals surface area (Å²) in [5, 5.41) is -0.696. The molecule has 0 bridgehead atoms. The van der Waals surface area contributed by atoms with Gasteiger partial charge in [0, 0.05) is 6.42 Å². The molecule has 0 aliphatic heterocycles. The standard InChI is InChI=1S/C19H21ClO6S/c1-24-19(21)18(20)13-15-5-3-14(4-6-15)11-12-25-16-7-9-17(10-8-16)26-27(2,22)23/h3-10,18H,11-13H2,1-2H3/t18-/m1/s1. The van der Waals surface area contributed by atoms with Crippen molar-refractivity contribution in [3.8, 4) is 11.5 Å². The zero-order valence-corrected chi connectivity index (χ0v) is 16.6. The van der Waals surface area contributed by atoms with E-state index in [9.17, 15) is 13.2 Å². The third-order valence-corrected chi connectivity index (χ3v) is 4.45.